The monoisotopic (exact) mass is 288 g/mol. The zero-order valence-electron chi connectivity index (χ0n) is 8.88. The van der Waals surface area contributed by atoms with Crippen molar-refractivity contribution < 1.29 is 4.79 Å². The highest BCUT2D eigenvalue weighted by molar-refractivity contribution is 9.10. The summed E-state index contributed by atoms with van der Waals surface area (Å²) in [5.74, 6) is -0.152. The summed E-state index contributed by atoms with van der Waals surface area (Å²) < 4.78 is 1.01. The van der Waals surface area contributed by atoms with Gasteiger partial charge in [0.25, 0.3) is 0 Å². The Morgan fingerprint density at radius 2 is 1.94 bits per heavy atom. The van der Waals surface area contributed by atoms with Gasteiger partial charge in [0.05, 0.1) is 6.20 Å². The molecule has 0 fully saturated rings. The second-order valence-electron chi connectivity index (χ2n) is 3.34. The van der Waals surface area contributed by atoms with Crippen LogP contribution in [0.5, 0.6) is 0 Å². The topological polar surface area (TPSA) is 42.9 Å². The number of nitrogens with zero attached hydrogens (tertiary/aromatic N) is 2. The molecule has 0 spiro atoms. The number of rotatable bonds is 3. The fourth-order valence-electron chi connectivity index (χ4n) is 1.26. The van der Waals surface area contributed by atoms with Gasteiger partial charge in [0.2, 0.25) is 5.78 Å². The molecular formula is C13H9BrN2O. The smallest absolute Gasteiger partial charge is 0.205 e. The molecule has 2 rings (SSSR count). The lowest BCUT2D eigenvalue weighted by Gasteiger charge is -1.94. The first-order valence-electron chi connectivity index (χ1n) is 5.00. The first kappa shape index (κ1) is 11.7. The second kappa shape index (κ2) is 5.50. The number of halogens is 1. The number of carbonyl (C=O) groups is 1. The molecule has 3 nitrogen and oxygen atoms in total. The van der Waals surface area contributed by atoms with Crippen LogP contribution in [0.2, 0.25) is 0 Å². The predicted molar refractivity (Wildman–Crippen MR) is 69.5 cm³/mol. The van der Waals surface area contributed by atoms with Gasteiger partial charge in [0.15, 0.2) is 0 Å². The molecule has 0 saturated heterocycles. The van der Waals surface area contributed by atoms with E-state index in [-0.39, 0.29) is 5.78 Å². The summed E-state index contributed by atoms with van der Waals surface area (Å²) in [6.07, 6.45) is 7.74. The average Bonchev–Trinajstić information content (AvgIpc) is 2.39. The highest BCUT2D eigenvalue weighted by Gasteiger charge is 2.01. The van der Waals surface area contributed by atoms with Crippen LogP contribution in [0.4, 0.5) is 0 Å². The van der Waals surface area contributed by atoms with Crippen molar-refractivity contribution in [2.75, 3.05) is 0 Å². The first-order chi connectivity index (χ1) is 8.25. The molecule has 0 N–H and O–H groups in total. The van der Waals surface area contributed by atoms with Crippen LogP contribution in [0.25, 0.3) is 6.08 Å². The van der Waals surface area contributed by atoms with Crippen molar-refractivity contribution in [2.24, 2.45) is 0 Å². The van der Waals surface area contributed by atoms with E-state index in [1.165, 1.54) is 24.7 Å². The van der Waals surface area contributed by atoms with Gasteiger partial charge in [0, 0.05) is 16.9 Å². The number of ketones is 1. The lowest BCUT2D eigenvalue weighted by Crippen LogP contribution is -1.97. The van der Waals surface area contributed by atoms with Crippen molar-refractivity contribution in [1.82, 2.24) is 9.97 Å². The number of hydrogen-bond donors (Lipinski definition) is 0. The molecule has 84 valence electrons. The van der Waals surface area contributed by atoms with Gasteiger partial charge in [-0.05, 0) is 23.8 Å². The third-order valence-electron chi connectivity index (χ3n) is 2.11. The van der Waals surface area contributed by atoms with Crippen molar-refractivity contribution in [3.63, 3.8) is 0 Å². The minimum absolute atomic E-state index is 0.152. The molecule has 0 unspecified atom stereocenters. The van der Waals surface area contributed by atoms with E-state index in [0.29, 0.717) is 5.69 Å². The van der Waals surface area contributed by atoms with Crippen molar-refractivity contribution >= 4 is 27.8 Å². The Bertz CT molecular complexity index is 535. The van der Waals surface area contributed by atoms with E-state index >= 15 is 0 Å². The summed E-state index contributed by atoms with van der Waals surface area (Å²) in [6.45, 7) is 0. The van der Waals surface area contributed by atoms with Gasteiger partial charge in [-0.15, -0.1) is 0 Å². The normalized spacial score (nSPS) is 10.6. The van der Waals surface area contributed by atoms with E-state index in [9.17, 15) is 4.79 Å². The molecule has 4 heteroatoms. The fourth-order valence-corrected chi connectivity index (χ4v) is 1.52. The van der Waals surface area contributed by atoms with Crippen molar-refractivity contribution in [3.05, 3.63) is 64.7 Å². The van der Waals surface area contributed by atoms with E-state index in [2.05, 4.69) is 25.9 Å². The maximum Gasteiger partial charge on any atom is 0.205 e. The quantitative estimate of drug-likeness (QED) is 0.644. The van der Waals surface area contributed by atoms with Crippen molar-refractivity contribution in [2.45, 2.75) is 0 Å². The maximum absolute atomic E-state index is 11.7. The Morgan fingerprint density at radius 1 is 1.18 bits per heavy atom. The highest BCUT2D eigenvalue weighted by atomic mass is 79.9. The Labute approximate surface area is 107 Å². The SMILES string of the molecule is O=C(C=Cc1ccc(Br)cc1)c1cnccn1. The maximum atomic E-state index is 11.7. The molecule has 0 atom stereocenters. The van der Waals surface area contributed by atoms with E-state index in [1.807, 2.05) is 24.3 Å². The summed E-state index contributed by atoms with van der Waals surface area (Å²) in [5.41, 5.74) is 1.31. The van der Waals surface area contributed by atoms with Crippen molar-refractivity contribution in [1.29, 1.82) is 0 Å². The van der Waals surface area contributed by atoms with Crippen LogP contribution in [0, 0.1) is 0 Å². The van der Waals surface area contributed by atoms with E-state index in [0.717, 1.165) is 10.0 Å². The molecular weight excluding hydrogens is 280 g/mol. The fraction of sp³-hybridized carbons (Fsp3) is 0. The molecule has 0 saturated carbocycles. The first-order valence-corrected chi connectivity index (χ1v) is 5.79. The van der Waals surface area contributed by atoms with Gasteiger partial charge < -0.3 is 0 Å². The molecule has 17 heavy (non-hydrogen) atoms. The molecule has 0 amide bonds. The number of carbonyl (C=O) groups excluding carboxylic acids is 1. The third-order valence-corrected chi connectivity index (χ3v) is 2.64. The summed E-state index contributed by atoms with van der Waals surface area (Å²) >= 11 is 3.35. The third kappa shape index (κ3) is 3.32. The van der Waals surface area contributed by atoms with Gasteiger partial charge in [-0.1, -0.05) is 34.1 Å². The molecule has 0 bridgehead atoms. The lowest BCUT2D eigenvalue weighted by atomic mass is 10.2. The standard InChI is InChI=1S/C13H9BrN2O/c14-11-4-1-10(2-5-11)3-6-13(17)12-9-15-7-8-16-12/h1-9H. The predicted octanol–water partition coefficient (Wildman–Crippen LogP) is 3.14. The van der Waals surface area contributed by atoms with E-state index < -0.39 is 0 Å². The van der Waals surface area contributed by atoms with Crippen LogP contribution in [-0.2, 0) is 0 Å². The lowest BCUT2D eigenvalue weighted by molar-refractivity contribution is 0.104. The molecule has 1 aromatic heterocycles. The number of allylic oxidation sites excluding steroid dienone is 1. The van der Waals surface area contributed by atoms with Crippen LogP contribution in [-0.4, -0.2) is 15.8 Å². The molecule has 0 radical (unpaired) electrons. The number of aromatic nitrogens is 2. The summed E-state index contributed by atoms with van der Waals surface area (Å²) in [6, 6.07) is 7.69. The molecule has 1 heterocycles. The Balaban J connectivity index is 2.11. The Kier molecular flexibility index (Phi) is 3.77. The van der Waals surface area contributed by atoms with Gasteiger partial charge >= 0.3 is 0 Å². The molecule has 2 aromatic rings. The number of hydrogen-bond acceptors (Lipinski definition) is 3. The van der Waals surface area contributed by atoms with Gasteiger partial charge in [-0.2, -0.15) is 0 Å². The zero-order chi connectivity index (χ0) is 12.1. The molecule has 0 aliphatic rings. The Morgan fingerprint density at radius 3 is 2.59 bits per heavy atom. The number of benzene rings is 1. The minimum atomic E-state index is -0.152. The van der Waals surface area contributed by atoms with Gasteiger partial charge in [-0.25, -0.2) is 4.98 Å². The van der Waals surface area contributed by atoms with Crippen LogP contribution in [0.1, 0.15) is 16.1 Å². The minimum Gasteiger partial charge on any atom is -0.287 e. The molecule has 1 aromatic carbocycles. The largest absolute Gasteiger partial charge is 0.287 e. The van der Waals surface area contributed by atoms with Crippen molar-refractivity contribution in [3.8, 4) is 0 Å². The molecule has 0 aliphatic carbocycles. The van der Waals surface area contributed by atoms with Crippen LogP contribution in [0.3, 0.4) is 0 Å². The van der Waals surface area contributed by atoms with Crippen LogP contribution < -0.4 is 0 Å². The summed E-state index contributed by atoms with van der Waals surface area (Å²) in [4.78, 5) is 19.5. The van der Waals surface area contributed by atoms with Crippen LogP contribution in [0.15, 0.2) is 53.4 Å². The van der Waals surface area contributed by atoms with E-state index in [1.54, 1.807) is 6.08 Å². The average molecular weight is 289 g/mol. The Hall–Kier alpha value is -1.81. The van der Waals surface area contributed by atoms with Gasteiger partial charge in [0.1, 0.15) is 5.69 Å². The van der Waals surface area contributed by atoms with E-state index in [4.69, 9.17) is 0 Å². The van der Waals surface area contributed by atoms with Gasteiger partial charge in [-0.3, -0.25) is 9.78 Å². The summed E-state index contributed by atoms with van der Waals surface area (Å²) in [5, 5.41) is 0. The molecule has 0 aliphatic heterocycles. The zero-order valence-corrected chi connectivity index (χ0v) is 10.5. The highest BCUT2D eigenvalue weighted by Crippen LogP contribution is 2.11. The second-order valence-corrected chi connectivity index (χ2v) is 4.26. The summed E-state index contributed by atoms with van der Waals surface area (Å²) in [7, 11) is 0. The van der Waals surface area contributed by atoms with Crippen LogP contribution >= 0.6 is 15.9 Å².